The molecule has 0 spiro atoms. The molecule has 2 aromatic rings. The maximum Gasteiger partial charge on any atom is 0.231 e. The van der Waals surface area contributed by atoms with Gasteiger partial charge in [-0.3, -0.25) is 0 Å². The van der Waals surface area contributed by atoms with Crippen molar-refractivity contribution in [2.75, 3.05) is 20.0 Å². The molecular formula is C19H22O5. The largest absolute Gasteiger partial charge is 0.491 e. The van der Waals surface area contributed by atoms with Gasteiger partial charge >= 0.3 is 0 Å². The Morgan fingerprint density at radius 2 is 1.83 bits per heavy atom. The Hall–Kier alpha value is -2.24. The SMILES string of the molecule is Cc1ccc(OC[C@@H](O)COCc2ccc3c(c2)OCO3)cc1C. The zero-order chi connectivity index (χ0) is 16.9. The van der Waals surface area contributed by atoms with Crippen LogP contribution in [0.3, 0.4) is 0 Å². The maximum atomic E-state index is 9.97. The summed E-state index contributed by atoms with van der Waals surface area (Å²) in [6, 6.07) is 11.6. The molecule has 1 heterocycles. The maximum absolute atomic E-state index is 9.97. The molecule has 128 valence electrons. The molecule has 1 aliphatic rings. The van der Waals surface area contributed by atoms with E-state index < -0.39 is 6.10 Å². The van der Waals surface area contributed by atoms with Crippen molar-refractivity contribution in [3.63, 3.8) is 0 Å². The van der Waals surface area contributed by atoms with E-state index in [-0.39, 0.29) is 20.0 Å². The minimum absolute atomic E-state index is 0.198. The number of aryl methyl sites for hydroxylation is 2. The molecule has 3 rings (SSSR count). The van der Waals surface area contributed by atoms with Crippen LogP contribution in [0.15, 0.2) is 36.4 Å². The van der Waals surface area contributed by atoms with Crippen molar-refractivity contribution in [2.24, 2.45) is 0 Å². The Labute approximate surface area is 141 Å². The summed E-state index contributed by atoms with van der Waals surface area (Å²) >= 11 is 0. The van der Waals surface area contributed by atoms with E-state index in [1.807, 2.05) is 43.3 Å². The van der Waals surface area contributed by atoms with Gasteiger partial charge in [0.2, 0.25) is 6.79 Å². The van der Waals surface area contributed by atoms with E-state index in [1.165, 1.54) is 11.1 Å². The predicted molar refractivity (Wildman–Crippen MR) is 89.6 cm³/mol. The molecular weight excluding hydrogens is 308 g/mol. The quantitative estimate of drug-likeness (QED) is 0.846. The average molecular weight is 330 g/mol. The molecule has 0 bridgehead atoms. The molecule has 0 radical (unpaired) electrons. The van der Waals surface area contributed by atoms with Crippen LogP contribution >= 0.6 is 0 Å². The molecule has 2 aromatic carbocycles. The van der Waals surface area contributed by atoms with Crippen molar-refractivity contribution in [1.29, 1.82) is 0 Å². The Balaban J connectivity index is 1.41. The number of ether oxygens (including phenoxy) is 4. The van der Waals surface area contributed by atoms with Crippen LogP contribution in [0.25, 0.3) is 0 Å². The lowest BCUT2D eigenvalue weighted by Gasteiger charge is -2.14. The molecule has 5 nitrogen and oxygen atoms in total. The molecule has 0 fully saturated rings. The summed E-state index contributed by atoms with van der Waals surface area (Å²) in [5, 5.41) is 9.97. The van der Waals surface area contributed by atoms with Crippen molar-refractivity contribution in [1.82, 2.24) is 0 Å². The summed E-state index contributed by atoms with van der Waals surface area (Å²) in [6.45, 7) is 5.15. The summed E-state index contributed by atoms with van der Waals surface area (Å²) < 4.78 is 21.7. The van der Waals surface area contributed by atoms with Crippen molar-refractivity contribution < 1.29 is 24.1 Å². The fourth-order valence-electron chi connectivity index (χ4n) is 2.39. The van der Waals surface area contributed by atoms with Gasteiger partial charge in [-0.05, 0) is 54.8 Å². The fraction of sp³-hybridized carbons (Fsp3) is 0.368. The Morgan fingerprint density at radius 3 is 2.67 bits per heavy atom. The lowest BCUT2D eigenvalue weighted by atomic mass is 10.1. The summed E-state index contributed by atoms with van der Waals surface area (Å²) in [4.78, 5) is 0. The van der Waals surface area contributed by atoms with E-state index in [1.54, 1.807) is 0 Å². The van der Waals surface area contributed by atoms with E-state index in [0.29, 0.717) is 6.61 Å². The molecule has 1 N–H and O–H groups in total. The highest BCUT2D eigenvalue weighted by atomic mass is 16.7. The van der Waals surface area contributed by atoms with E-state index in [0.717, 1.165) is 22.8 Å². The van der Waals surface area contributed by atoms with Crippen LogP contribution < -0.4 is 14.2 Å². The molecule has 0 aromatic heterocycles. The Kier molecular flexibility index (Phi) is 5.23. The summed E-state index contributed by atoms with van der Waals surface area (Å²) in [6.07, 6.45) is -0.680. The second kappa shape index (κ2) is 7.55. The molecule has 1 aliphatic heterocycles. The Bertz CT molecular complexity index is 698. The van der Waals surface area contributed by atoms with Gasteiger partial charge in [-0.2, -0.15) is 0 Å². The third-order valence-corrected chi connectivity index (χ3v) is 3.94. The Morgan fingerprint density at radius 1 is 1.00 bits per heavy atom. The van der Waals surface area contributed by atoms with E-state index >= 15 is 0 Å². The van der Waals surface area contributed by atoms with Crippen LogP contribution in [-0.4, -0.2) is 31.2 Å². The summed E-state index contributed by atoms with van der Waals surface area (Å²) in [5.41, 5.74) is 3.36. The second-order valence-electron chi connectivity index (χ2n) is 5.91. The van der Waals surface area contributed by atoms with Gasteiger partial charge in [-0.25, -0.2) is 0 Å². The van der Waals surface area contributed by atoms with E-state index in [9.17, 15) is 5.11 Å². The van der Waals surface area contributed by atoms with Crippen molar-refractivity contribution in [3.05, 3.63) is 53.1 Å². The van der Waals surface area contributed by atoms with Crippen LogP contribution in [-0.2, 0) is 11.3 Å². The zero-order valence-electron chi connectivity index (χ0n) is 14.0. The van der Waals surface area contributed by atoms with Crippen molar-refractivity contribution >= 4 is 0 Å². The smallest absolute Gasteiger partial charge is 0.231 e. The van der Waals surface area contributed by atoms with Gasteiger partial charge in [-0.1, -0.05) is 12.1 Å². The van der Waals surface area contributed by atoms with Crippen LogP contribution in [0.2, 0.25) is 0 Å². The van der Waals surface area contributed by atoms with Gasteiger partial charge in [-0.15, -0.1) is 0 Å². The first-order valence-corrected chi connectivity index (χ1v) is 7.96. The third-order valence-electron chi connectivity index (χ3n) is 3.94. The van der Waals surface area contributed by atoms with E-state index in [4.69, 9.17) is 18.9 Å². The lowest BCUT2D eigenvalue weighted by Crippen LogP contribution is -2.23. The second-order valence-corrected chi connectivity index (χ2v) is 5.91. The topological polar surface area (TPSA) is 57.2 Å². The van der Waals surface area contributed by atoms with Crippen LogP contribution in [0.1, 0.15) is 16.7 Å². The van der Waals surface area contributed by atoms with Crippen molar-refractivity contribution in [2.45, 2.75) is 26.6 Å². The average Bonchev–Trinajstić information content (AvgIpc) is 3.04. The number of aliphatic hydroxyl groups excluding tert-OH is 1. The highest BCUT2D eigenvalue weighted by molar-refractivity contribution is 5.44. The molecule has 0 saturated heterocycles. The molecule has 24 heavy (non-hydrogen) atoms. The van der Waals surface area contributed by atoms with Gasteiger partial charge in [0.15, 0.2) is 11.5 Å². The first kappa shape index (κ1) is 16.6. The highest BCUT2D eigenvalue weighted by Gasteiger charge is 2.13. The number of aliphatic hydroxyl groups is 1. The third kappa shape index (κ3) is 4.19. The monoisotopic (exact) mass is 330 g/mol. The van der Waals surface area contributed by atoms with Gasteiger partial charge < -0.3 is 24.1 Å². The number of hydrogen-bond acceptors (Lipinski definition) is 5. The summed E-state index contributed by atoms with van der Waals surface area (Å²) in [5.74, 6) is 2.24. The van der Waals surface area contributed by atoms with Gasteiger partial charge in [0, 0.05) is 0 Å². The molecule has 0 unspecified atom stereocenters. The number of rotatable bonds is 7. The standard InChI is InChI=1S/C19H22O5/c1-13-3-5-17(7-14(13)2)22-11-16(20)10-21-9-15-4-6-18-19(8-15)24-12-23-18/h3-8,16,20H,9-12H2,1-2H3/t16-/m0/s1. The predicted octanol–water partition coefficient (Wildman–Crippen LogP) is 2.99. The lowest BCUT2D eigenvalue weighted by molar-refractivity contribution is 0.00545. The van der Waals surface area contributed by atoms with Gasteiger partial charge in [0.25, 0.3) is 0 Å². The first-order chi connectivity index (χ1) is 11.6. The molecule has 0 saturated carbocycles. The molecule has 5 heteroatoms. The van der Waals surface area contributed by atoms with E-state index in [2.05, 4.69) is 6.92 Å². The first-order valence-electron chi connectivity index (χ1n) is 7.96. The number of fused-ring (bicyclic) bond motifs is 1. The van der Waals surface area contributed by atoms with Crippen LogP contribution in [0, 0.1) is 13.8 Å². The minimum Gasteiger partial charge on any atom is -0.491 e. The number of hydrogen-bond donors (Lipinski definition) is 1. The molecule has 0 aliphatic carbocycles. The molecule has 0 amide bonds. The van der Waals surface area contributed by atoms with Crippen LogP contribution in [0.5, 0.6) is 17.2 Å². The zero-order valence-corrected chi connectivity index (χ0v) is 14.0. The molecule has 1 atom stereocenters. The highest BCUT2D eigenvalue weighted by Crippen LogP contribution is 2.32. The van der Waals surface area contributed by atoms with Crippen molar-refractivity contribution in [3.8, 4) is 17.2 Å². The van der Waals surface area contributed by atoms with Crippen LogP contribution in [0.4, 0.5) is 0 Å². The fourth-order valence-corrected chi connectivity index (χ4v) is 2.39. The van der Waals surface area contributed by atoms with Gasteiger partial charge in [0.1, 0.15) is 18.5 Å². The minimum atomic E-state index is -0.680. The summed E-state index contributed by atoms with van der Waals surface area (Å²) in [7, 11) is 0. The normalized spacial score (nSPS) is 13.8. The number of benzene rings is 2. The van der Waals surface area contributed by atoms with Gasteiger partial charge in [0.05, 0.1) is 13.2 Å².